The summed E-state index contributed by atoms with van der Waals surface area (Å²) in [4.78, 5) is 28.1. The Morgan fingerprint density at radius 1 is 1.13 bits per heavy atom. The van der Waals surface area contributed by atoms with Gasteiger partial charge in [-0.2, -0.15) is 0 Å². The molecule has 3 aromatic rings. The van der Waals surface area contributed by atoms with E-state index in [1.165, 1.54) is 5.56 Å². The molecule has 39 heavy (non-hydrogen) atoms. The highest BCUT2D eigenvalue weighted by Gasteiger charge is 2.20. The largest absolute Gasteiger partial charge is 0.480 e. The minimum atomic E-state index is -0.909. The molecule has 0 unspecified atom stereocenters. The second-order valence-electron chi connectivity index (χ2n) is 10.1. The molecule has 0 saturated heterocycles. The zero-order valence-corrected chi connectivity index (χ0v) is 23.0. The molecular formula is C30H40N6O3. The normalized spacial score (nSPS) is 14.3. The van der Waals surface area contributed by atoms with E-state index < -0.39 is 12.0 Å². The first-order chi connectivity index (χ1) is 19.0. The Balaban J connectivity index is 1.30. The van der Waals surface area contributed by atoms with Crippen LogP contribution in [-0.2, 0) is 22.4 Å². The zero-order chi connectivity index (χ0) is 27.5. The van der Waals surface area contributed by atoms with E-state index in [2.05, 4.69) is 37.6 Å². The molecular weight excluding hydrogens is 492 g/mol. The van der Waals surface area contributed by atoms with Gasteiger partial charge in [0.15, 0.2) is 0 Å². The van der Waals surface area contributed by atoms with Crippen LogP contribution in [0, 0.1) is 0 Å². The van der Waals surface area contributed by atoms with Gasteiger partial charge in [0, 0.05) is 38.0 Å². The van der Waals surface area contributed by atoms with E-state index in [1.807, 2.05) is 37.3 Å². The quantitative estimate of drug-likeness (QED) is 0.243. The van der Waals surface area contributed by atoms with E-state index in [4.69, 9.17) is 9.72 Å². The van der Waals surface area contributed by atoms with Crippen LogP contribution in [0.1, 0.15) is 43.9 Å². The first kappa shape index (κ1) is 28.4. The predicted octanol–water partition coefficient (Wildman–Crippen LogP) is 4.51. The summed E-state index contributed by atoms with van der Waals surface area (Å²) in [5, 5.41) is 16.4. The van der Waals surface area contributed by atoms with Gasteiger partial charge in [-0.25, -0.2) is 14.8 Å². The lowest BCUT2D eigenvalue weighted by molar-refractivity contribution is -0.138. The summed E-state index contributed by atoms with van der Waals surface area (Å²) in [6.07, 6.45) is 8.94. The maximum Gasteiger partial charge on any atom is 0.326 e. The molecule has 3 heterocycles. The van der Waals surface area contributed by atoms with E-state index in [1.54, 1.807) is 19.5 Å². The summed E-state index contributed by atoms with van der Waals surface area (Å²) in [5.74, 6) is 0.585. The number of aliphatic carboxylic acids is 1. The number of hydrogen-bond donors (Lipinski definition) is 3. The van der Waals surface area contributed by atoms with Crippen LogP contribution in [0.5, 0.6) is 0 Å². The molecule has 0 fully saturated rings. The lowest BCUT2D eigenvalue weighted by Crippen LogP contribution is -2.38. The molecule has 0 bridgehead atoms. The third-order valence-corrected chi connectivity index (χ3v) is 7.09. The van der Waals surface area contributed by atoms with Crippen LogP contribution in [0.3, 0.4) is 0 Å². The number of nitrogens with zero attached hydrogens (tertiary/aromatic N) is 4. The van der Waals surface area contributed by atoms with Gasteiger partial charge in [0.05, 0.1) is 24.2 Å². The number of unbranched alkanes of at least 4 members (excludes halogenated alkanes) is 1. The summed E-state index contributed by atoms with van der Waals surface area (Å²) in [6.45, 7) is 5.27. The minimum absolute atomic E-state index is 0.0584. The number of pyridine rings is 1. The fourth-order valence-corrected chi connectivity index (χ4v) is 4.81. The second-order valence-corrected chi connectivity index (χ2v) is 10.1. The SMILES string of the molecule is CO[C@H](C)CN(CCCCc1ccc2c(n1)NCCC2)CC[C@H](Nc1cncc(-c2ccccc2)n1)C(=O)O. The molecule has 1 aromatic carbocycles. The first-order valence-electron chi connectivity index (χ1n) is 13.9. The number of fused-ring (bicyclic) bond motifs is 1. The molecule has 3 N–H and O–H groups in total. The second kappa shape index (κ2) is 14.6. The number of rotatable bonds is 15. The molecule has 208 valence electrons. The van der Waals surface area contributed by atoms with Gasteiger partial charge in [-0.05, 0) is 63.6 Å². The zero-order valence-electron chi connectivity index (χ0n) is 23.0. The monoisotopic (exact) mass is 532 g/mol. The van der Waals surface area contributed by atoms with Crippen molar-refractivity contribution in [3.63, 3.8) is 0 Å². The number of methoxy groups -OCH3 is 1. The maximum atomic E-state index is 12.1. The molecule has 0 aliphatic carbocycles. The topological polar surface area (TPSA) is 113 Å². The maximum absolute atomic E-state index is 12.1. The Morgan fingerprint density at radius 2 is 1.97 bits per heavy atom. The van der Waals surface area contributed by atoms with E-state index in [0.29, 0.717) is 24.5 Å². The molecule has 1 aliphatic heterocycles. The van der Waals surface area contributed by atoms with Gasteiger partial charge in [0.2, 0.25) is 0 Å². The van der Waals surface area contributed by atoms with Crippen LogP contribution in [0.4, 0.5) is 11.6 Å². The van der Waals surface area contributed by atoms with Crippen molar-refractivity contribution in [3.8, 4) is 11.3 Å². The molecule has 4 rings (SSSR count). The van der Waals surface area contributed by atoms with Crippen molar-refractivity contribution in [1.82, 2.24) is 19.9 Å². The Morgan fingerprint density at radius 3 is 2.77 bits per heavy atom. The number of carboxylic acids is 1. The van der Waals surface area contributed by atoms with Crippen LogP contribution in [-0.4, -0.2) is 76.4 Å². The van der Waals surface area contributed by atoms with Crippen LogP contribution in [0.2, 0.25) is 0 Å². The van der Waals surface area contributed by atoms with Crippen molar-refractivity contribution < 1.29 is 14.6 Å². The highest BCUT2D eigenvalue weighted by atomic mass is 16.5. The molecule has 2 atom stereocenters. The van der Waals surface area contributed by atoms with E-state index in [0.717, 1.165) is 68.8 Å². The standard InChI is InChI=1S/C30H40N6O3/c1-22(39-2)21-36(17-7-6-12-25-14-13-24-11-8-16-32-29(24)33-25)18-15-26(30(37)38)34-28-20-31-19-27(35-28)23-9-4-3-5-10-23/h3-5,9-10,13-14,19-20,22,26H,6-8,11-12,15-18,21H2,1-2H3,(H,32,33)(H,34,35)(H,37,38)/t22-,26+/m1/s1. The highest BCUT2D eigenvalue weighted by molar-refractivity contribution is 5.77. The average molecular weight is 533 g/mol. The highest BCUT2D eigenvalue weighted by Crippen LogP contribution is 2.21. The van der Waals surface area contributed by atoms with Gasteiger partial charge in [-0.15, -0.1) is 0 Å². The predicted molar refractivity (Wildman–Crippen MR) is 154 cm³/mol. The van der Waals surface area contributed by atoms with Crippen molar-refractivity contribution in [1.29, 1.82) is 0 Å². The molecule has 2 aromatic heterocycles. The van der Waals surface area contributed by atoms with Crippen molar-refractivity contribution in [2.75, 3.05) is 43.9 Å². The number of nitrogens with one attached hydrogen (secondary N) is 2. The molecule has 9 heteroatoms. The van der Waals surface area contributed by atoms with Gasteiger partial charge in [0.1, 0.15) is 17.7 Å². The number of carboxylic acid groups (broad SMARTS) is 1. The minimum Gasteiger partial charge on any atom is -0.480 e. The van der Waals surface area contributed by atoms with Crippen LogP contribution >= 0.6 is 0 Å². The third-order valence-electron chi connectivity index (χ3n) is 7.09. The molecule has 9 nitrogen and oxygen atoms in total. The summed E-state index contributed by atoms with van der Waals surface area (Å²) >= 11 is 0. The number of aromatic nitrogens is 3. The smallest absolute Gasteiger partial charge is 0.326 e. The number of hydrogen-bond acceptors (Lipinski definition) is 8. The Hall–Kier alpha value is -3.56. The number of ether oxygens (including phenoxy) is 1. The van der Waals surface area contributed by atoms with Crippen molar-refractivity contribution in [3.05, 3.63) is 66.1 Å². The van der Waals surface area contributed by atoms with E-state index in [9.17, 15) is 9.90 Å². The number of anilines is 2. The molecule has 0 amide bonds. The fourth-order valence-electron chi connectivity index (χ4n) is 4.81. The summed E-state index contributed by atoms with van der Waals surface area (Å²) in [5.41, 5.74) is 4.06. The van der Waals surface area contributed by atoms with Crippen LogP contribution < -0.4 is 10.6 Å². The molecule has 1 aliphatic rings. The number of carbonyl (C=O) groups is 1. The van der Waals surface area contributed by atoms with Crippen molar-refractivity contribution in [2.45, 2.75) is 57.6 Å². The van der Waals surface area contributed by atoms with Crippen molar-refractivity contribution in [2.24, 2.45) is 0 Å². The summed E-state index contributed by atoms with van der Waals surface area (Å²) in [6, 6.07) is 13.3. The van der Waals surface area contributed by atoms with Crippen LogP contribution in [0.25, 0.3) is 11.3 Å². The van der Waals surface area contributed by atoms with Gasteiger partial charge < -0.3 is 25.4 Å². The molecule has 0 radical (unpaired) electrons. The third kappa shape index (κ3) is 8.73. The summed E-state index contributed by atoms with van der Waals surface area (Å²) in [7, 11) is 1.71. The van der Waals surface area contributed by atoms with Gasteiger partial charge >= 0.3 is 5.97 Å². The number of benzene rings is 1. The van der Waals surface area contributed by atoms with E-state index in [-0.39, 0.29) is 6.10 Å². The molecule has 0 spiro atoms. The molecule has 0 saturated carbocycles. The fraction of sp³-hybridized carbons (Fsp3) is 0.467. The Kier molecular flexibility index (Phi) is 10.6. The van der Waals surface area contributed by atoms with Gasteiger partial charge in [-0.3, -0.25) is 4.98 Å². The van der Waals surface area contributed by atoms with Gasteiger partial charge in [0.25, 0.3) is 0 Å². The van der Waals surface area contributed by atoms with E-state index >= 15 is 0 Å². The van der Waals surface area contributed by atoms with Crippen molar-refractivity contribution >= 4 is 17.6 Å². The summed E-state index contributed by atoms with van der Waals surface area (Å²) < 4.78 is 5.51. The number of aryl methyl sites for hydroxylation is 2. The lowest BCUT2D eigenvalue weighted by Gasteiger charge is -2.26. The lowest BCUT2D eigenvalue weighted by atomic mass is 10.1. The average Bonchev–Trinajstić information content (AvgIpc) is 2.97. The van der Waals surface area contributed by atoms with Gasteiger partial charge in [-0.1, -0.05) is 36.4 Å². The Bertz CT molecular complexity index is 1190. The van der Waals surface area contributed by atoms with Crippen LogP contribution in [0.15, 0.2) is 54.9 Å². The Labute approximate surface area is 231 Å². The first-order valence-corrected chi connectivity index (χ1v) is 13.9.